The smallest absolute Gasteiger partial charge is 0.318 e. The van der Waals surface area contributed by atoms with E-state index in [2.05, 4.69) is 30.1 Å². The fourth-order valence-corrected chi connectivity index (χ4v) is 7.66. The predicted molar refractivity (Wildman–Crippen MR) is 162 cm³/mol. The number of nitrogens with zero attached hydrogens (tertiary/aromatic N) is 6. The number of ether oxygens (including phenoxy) is 2. The summed E-state index contributed by atoms with van der Waals surface area (Å²) in [7, 11) is 3.17. The van der Waals surface area contributed by atoms with Gasteiger partial charge in [0, 0.05) is 38.3 Å². The molecule has 4 aromatic rings. The van der Waals surface area contributed by atoms with Crippen molar-refractivity contribution in [2.45, 2.75) is 43.6 Å². The lowest BCUT2D eigenvalue weighted by Crippen LogP contribution is -2.64. The van der Waals surface area contributed by atoms with Gasteiger partial charge in [0.15, 0.2) is 5.13 Å². The Hall–Kier alpha value is -3.46. The molecule has 4 aliphatic rings. The molecule has 1 aromatic carbocycles. The van der Waals surface area contributed by atoms with Gasteiger partial charge in [-0.05, 0) is 44.0 Å². The zero-order valence-corrected chi connectivity index (χ0v) is 24.9. The first-order chi connectivity index (χ1) is 20.8. The minimum absolute atomic E-state index is 0.0365. The van der Waals surface area contributed by atoms with E-state index >= 15 is 0 Å². The standard InChI is InChI=1S/C22H22FN7O3S.C7H12FN/c1-29-15(12-3-4-13(23)18-17(12)27-21(24)34-18)5-14-16(20(29)31)19(28-22(26-14)32-2)30-10-6-25-7-11(30)9-33-8-10;8-6-4-7-2-1-3-9(7)5-6/h3-5,10-11,25H,6-9H2,1-2H3,(H2,24,27);6-7H,1-5H2. The van der Waals surface area contributed by atoms with E-state index in [9.17, 15) is 13.6 Å². The van der Waals surface area contributed by atoms with Crippen LogP contribution in [0.15, 0.2) is 23.0 Å². The molecule has 7 heterocycles. The molecule has 0 radical (unpaired) electrons. The van der Waals surface area contributed by atoms with Gasteiger partial charge in [-0.25, -0.2) is 13.8 Å². The monoisotopic (exact) mass is 612 g/mol. The van der Waals surface area contributed by atoms with Crippen LogP contribution in [0.25, 0.3) is 32.4 Å². The second kappa shape index (κ2) is 11.2. The molecule has 11 nitrogen and oxygen atoms in total. The molecular weight excluding hydrogens is 578 g/mol. The Balaban J connectivity index is 0.000000283. The van der Waals surface area contributed by atoms with Gasteiger partial charge in [-0.1, -0.05) is 11.3 Å². The summed E-state index contributed by atoms with van der Waals surface area (Å²) in [5.41, 5.74) is 7.59. The number of thiazole rings is 1. The second-order valence-electron chi connectivity index (χ2n) is 11.5. The van der Waals surface area contributed by atoms with E-state index in [1.807, 2.05) is 0 Å². The number of aromatic nitrogens is 4. The van der Waals surface area contributed by atoms with Gasteiger partial charge >= 0.3 is 6.01 Å². The largest absolute Gasteiger partial charge is 0.467 e. The molecule has 0 amide bonds. The number of pyridine rings is 1. The summed E-state index contributed by atoms with van der Waals surface area (Å²) in [6, 6.07) is 5.61. The molecule has 43 heavy (non-hydrogen) atoms. The fraction of sp³-hybridized carbons (Fsp3) is 0.517. The molecule has 3 N–H and O–H groups in total. The van der Waals surface area contributed by atoms with Crippen molar-refractivity contribution in [2.24, 2.45) is 7.05 Å². The number of nitrogen functional groups attached to an aromatic ring is 1. The number of nitrogens with two attached hydrogens (primary N) is 1. The number of alkyl halides is 1. The third kappa shape index (κ3) is 4.99. The molecule has 4 unspecified atom stereocenters. The van der Waals surface area contributed by atoms with Crippen LogP contribution in [0.5, 0.6) is 6.01 Å². The molecule has 14 heteroatoms. The van der Waals surface area contributed by atoms with E-state index in [1.165, 1.54) is 30.6 Å². The van der Waals surface area contributed by atoms with Crippen molar-refractivity contribution in [2.75, 3.05) is 57.1 Å². The van der Waals surface area contributed by atoms with Crippen LogP contribution < -0.4 is 26.2 Å². The molecule has 4 atom stereocenters. The van der Waals surface area contributed by atoms with Crippen LogP contribution >= 0.6 is 11.3 Å². The van der Waals surface area contributed by atoms with Crippen molar-refractivity contribution in [1.82, 2.24) is 29.7 Å². The van der Waals surface area contributed by atoms with Crippen LogP contribution in [-0.4, -0.2) is 95.2 Å². The first-order valence-corrected chi connectivity index (χ1v) is 15.4. The molecule has 0 spiro atoms. The number of fused-ring (bicyclic) bond motifs is 5. The molecule has 2 bridgehead atoms. The Kier molecular flexibility index (Phi) is 7.40. The average Bonchev–Trinajstić information content (AvgIpc) is 3.69. The summed E-state index contributed by atoms with van der Waals surface area (Å²) in [5.74, 6) is 0.133. The lowest BCUT2D eigenvalue weighted by Gasteiger charge is -2.46. The highest BCUT2D eigenvalue weighted by Crippen LogP contribution is 2.36. The Morgan fingerprint density at radius 1 is 1.16 bits per heavy atom. The summed E-state index contributed by atoms with van der Waals surface area (Å²) >= 11 is 1.07. The van der Waals surface area contributed by atoms with E-state index in [1.54, 1.807) is 19.2 Å². The minimum atomic E-state index is -0.518. The Morgan fingerprint density at radius 2 is 1.95 bits per heavy atom. The Bertz CT molecular complexity index is 1710. The van der Waals surface area contributed by atoms with Crippen molar-refractivity contribution < 1.29 is 18.3 Å². The number of hydrogen-bond acceptors (Lipinski definition) is 11. The summed E-state index contributed by atoms with van der Waals surface area (Å²) in [6.45, 7) is 4.38. The minimum Gasteiger partial charge on any atom is -0.467 e. The SMILES string of the molecule is COc1nc(N2C3CNCC2COC3)c2c(=O)n(C)c(-c3ccc(F)c4sc(N)nc34)cc2n1.FC1CC2CCCN2C1. The number of halogens is 2. The molecular formula is C29H34F2N8O3S. The summed E-state index contributed by atoms with van der Waals surface area (Å²) in [6.07, 6.45) is 2.81. The highest BCUT2D eigenvalue weighted by atomic mass is 32.1. The van der Waals surface area contributed by atoms with Crippen molar-refractivity contribution in [3.8, 4) is 17.3 Å². The summed E-state index contributed by atoms with van der Waals surface area (Å²) in [4.78, 5) is 31.6. The maximum absolute atomic E-state index is 14.4. The quantitative estimate of drug-likeness (QED) is 0.357. The summed E-state index contributed by atoms with van der Waals surface area (Å²) in [5, 5.41) is 4.08. The van der Waals surface area contributed by atoms with Gasteiger partial charge in [0.25, 0.3) is 5.56 Å². The molecule has 0 saturated carbocycles. The van der Waals surface area contributed by atoms with E-state index < -0.39 is 12.0 Å². The van der Waals surface area contributed by atoms with Crippen molar-refractivity contribution in [3.63, 3.8) is 0 Å². The van der Waals surface area contributed by atoms with Crippen LogP contribution in [0.1, 0.15) is 19.3 Å². The van der Waals surface area contributed by atoms with Gasteiger partial charge in [0.1, 0.15) is 23.2 Å². The number of nitrogens with one attached hydrogen (secondary N) is 1. The highest BCUT2D eigenvalue weighted by Gasteiger charge is 2.38. The van der Waals surface area contributed by atoms with Gasteiger partial charge in [-0.15, -0.1) is 0 Å². The van der Waals surface area contributed by atoms with Crippen LogP contribution in [-0.2, 0) is 11.8 Å². The number of hydrogen-bond donors (Lipinski definition) is 2. The fourth-order valence-electron chi connectivity index (χ4n) is 6.90. The van der Waals surface area contributed by atoms with Gasteiger partial charge in [-0.3, -0.25) is 9.69 Å². The first-order valence-electron chi connectivity index (χ1n) is 14.6. The number of benzene rings is 1. The second-order valence-corrected chi connectivity index (χ2v) is 12.6. The van der Waals surface area contributed by atoms with Crippen molar-refractivity contribution in [1.29, 1.82) is 0 Å². The zero-order valence-electron chi connectivity index (χ0n) is 24.1. The zero-order chi connectivity index (χ0) is 29.8. The molecule has 4 aliphatic heterocycles. The van der Waals surface area contributed by atoms with Crippen LogP contribution in [0, 0.1) is 5.82 Å². The third-order valence-corrected chi connectivity index (χ3v) is 9.79. The number of methoxy groups -OCH3 is 1. The van der Waals surface area contributed by atoms with Gasteiger partial charge in [0.2, 0.25) is 0 Å². The Labute approximate surface area is 250 Å². The summed E-state index contributed by atoms with van der Waals surface area (Å²) < 4.78 is 40.0. The van der Waals surface area contributed by atoms with Crippen LogP contribution in [0.3, 0.4) is 0 Å². The predicted octanol–water partition coefficient (Wildman–Crippen LogP) is 2.70. The molecule has 4 saturated heterocycles. The third-order valence-electron chi connectivity index (χ3n) is 8.89. The lowest BCUT2D eigenvalue weighted by atomic mass is 10.0. The number of anilines is 2. The topological polar surface area (TPSA) is 124 Å². The van der Waals surface area contributed by atoms with Crippen molar-refractivity contribution in [3.05, 3.63) is 34.4 Å². The van der Waals surface area contributed by atoms with E-state index in [0.29, 0.717) is 64.0 Å². The number of rotatable bonds is 3. The van der Waals surface area contributed by atoms with Gasteiger partial charge in [0.05, 0.1) is 53.8 Å². The maximum atomic E-state index is 14.4. The van der Waals surface area contributed by atoms with Crippen molar-refractivity contribution >= 4 is 43.4 Å². The highest BCUT2D eigenvalue weighted by molar-refractivity contribution is 7.22. The van der Waals surface area contributed by atoms with Crippen LogP contribution in [0.2, 0.25) is 0 Å². The van der Waals surface area contributed by atoms with Gasteiger partial charge in [-0.2, -0.15) is 9.97 Å². The van der Waals surface area contributed by atoms with E-state index in [4.69, 9.17) is 15.2 Å². The normalized spacial score (nSPS) is 25.2. The number of piperazine rings is 1. The number of morpholine rings is 1. The molecule has 8 rings (SSSR count). The maximum Gasteiger partial charge on any atom is 0.318 e. The van der Waals surface area contributed by atoms with E-state index in [-0.39, 0.29) is 28.8 Å². The lowest BCUT2D eigenvalue weighted by molar-refractivity contribution is 0.0523. The Morgan fingerprint density at radius 3 is 2.70 bits per heavy atom. The average molecular weight is 613 g/mol. The molecule has 3 aromatic heterocycles. The van der Waals surface area contributed by atoms with Crippen LogP contribution in [0.4, 0.5) is 19.7 Å². The van der Waals surface area contributed by atoms with Gasteiger partial charge < -0.3 is 30.0 Å². The van der Waals surface area contributed by atoms with E-state index in [0.717, 1.165) is 37.4 Å². The first kappa shape index (κ1) is 28.3. The molecule has 228 valence electrons. The molecule has 4 fully saturated rings. The molecule has 0 aliphatic carbocycles.